The first kappa shape index (κ1) is 11.5. The van der Waals surface area contributed by atoms with Gasteiger partial charge < -0.3 is 10.1 Å². The first-order valence-corrected chi connectivity index (χ1v) is 6.09. The maximum atomic E-state index is 5.29. The minimum Gasteiger partial charge on any atom is -0.497 e. The van der Waals surface area contributed by atoms with Crippen LogP contribution in [0.25, 0.3) is 0 Å². The number of benzene rings is 1. The maximum absolute atomic E-state index is 5.29. The second-order valence-corrected chi connectivity index (χ2v) is 4.77. The van der Waals surface area contributed by atoms with Gasteiger partial charge in [0.05, 0.1) is 7.11 Å². The van der Waals surface area contributed by atoms with Gasteiger partial charge in [0.15, 0.2) is 0 Å². The Morgan fingerprint density at radius 3 is 2.88 bits per heavy atom. The summed E-state index contributed by atoms with van der Waals surface area (Å²) < 4.78 is 5.29. The molecule has 1 aromatic rings. The minimum atomic E-state index is 0.602. The van der Waals surface area contributed by atoms with Crippen molar-refractivity contribution >= 4 is 0 Å². The van der Waals surface area contributed by atoms with Gasteiger partial charge in [-0.05, 0) is 49.4 Å². The Labute approximate surface area is 98.0 Å². The zero-order valence-electron chi connectivity index (χ0n) is 10.4. The van der Waals surface area contributed by atoms with Crippen molar-refractivity contribution in [1.82, 2.24) is 5.32 Å². The smallest absolute Gasteiger partial charge is 0.119 e. The molecule has 1 aromatic carbocycles. The van der Waals surface area contributed by atoms with E-state index in [-0.39, 0.29) is 0 Å². The number of hydrogen-bond acceptors (Lipinski definition) is 2. The van der Waals surface area contributed by atoms with Crippen molar-refractivity contribution in [2.75, 3.05) is 13.7 Å². The first-order chi connectivity index (χ1) is 7.72. The number of ether oxygens (including phenoxy) is 1. The maximum Gasteiger partial charge on any atom is 0.119 e. The highest BCUT2D eigenvalue weighted by molar-refractivity contribution is 5.31. The van der Waals surface area contributed by atoms with Crippen LogP contribution in [0.3, 0.4) is 0 Å². The highest BCUT2D eigenvalue weighted by atomic mass is 16.5. The Kier molecular flexibility index (Phi) is 3.49. The fraction of sp³-hybridized carbons (Fsp3) is 0.571. The summed E-state index contributed by atoms with van der Waals surface area (Å²) in [6, 6.07) is 9.11. The predicted octanol–water partition coefficient (Wildman–Crippen LogP) is 2.80. The SMILES string of the molecule is COc1cccc([C@@H]2CCN[C@@H](C)[C@H]2C)c1. The van der Waals surface area contributed by atoms with Gasteiger partial charge in [0.1, 0.15) is 5.75 Å². The summed E-state index contributed by atoms with van der Waals surface area (Å²) >= 11 is 0. The molecule has 0 radical (unpaired) electrons. The molecule has 2 heteroatoms. The largest absolute Gasteiger partial charge is 0.497 e. The summed E-state index contributed by atoms with van der Waals surface area (Å²) in [7, 11) is 1.73. The normalized spacial score (nSPS) is 30.1. The van der Waals surface area contributed by atoms with E-state index in [9.17, 15) is 0 Å². The molecular formula is C14H21NO. The number of hydrogen-bond donors (Lipinski definition) is 1. The van der Waals surface area contributed by atoms with Gasteiger partial charge >= 0.3 is 0 Å². The number of rotatable bonds is 2. The van der Waals surface area contributed by atoms with E-state index in [1.165, 1.54) is 12.0 Å². The van der Waals surface area contributed by atoms with Gasteiger partial charge in [-0.25, -0.2) is 0 Å². The quantitative estimate of drug-likeness (QED) is 0.826. The van der Waals surface area contributed by atoms with Gasteiger partial charge in [-0.1, -0.05) is 19.1 Å². The summed E-state index contributed by atoms with van der Waals surface area (Å²) in [6.07, 6.45) is 1.22. The van der Waals surface area contributed by atoms with E-state index in [0.717, 1.165) is 12.3 Å². The van der Waals surface area contributed by atoms with Crippen molar-refractivity contribution in [3.05, 3.63) is 29.8 Å². The van der Waals surface area contributed by atoms with E-state index < -0.39 is 0 Å². The summed E-state index contributed by atoms with van der Waals surface area (Å²) in [4.78, 5) is 0. The average molecular weight is 219 g/mol. The molecule has 16 heavy (non-hydrogen) atoms. The summed E-state index contributed by atoms with van der Waals surface area (Å²) in [5.74, 6) is 2.31. The van der Waals surface area contributed by atoms with Crippen molar-refractivity contribution in [3.63, 3.8) is 0 Å². The molecule has 2 nitrogen and oxygen atoms in total. The number of methoxy groups -OCH3 is 1. The standard InChI is InChI=1S/C14H21NO/c1-10-11(2)15-8-7-14(10)12-5-4-6-13(9-12)16-3/h4-6,9-11,14-15H,7-8H2,1-3H3/t10-,11+,14-/m1/s1. The third-order valence-electron chi connectivity index (χ3n) is 3.87. The van der Waals surface area contributed by atoms with Crippen molar-refractivity contribution < 1.29 is 4.74 Å². The van der Waals surface area contributed by atoms with E-state index in [2.05, 4.69) is 37.4 Å². The van der Waals surface area contributed by atoms with E-state index in [1.54, 1.807) is 7.11 Å². The molecule has 88 valence electrons. The average Bonchev–Trinajstić information content (AvgIpc) is 2.33. The fourth-order valence-electron chi connectivity index (χ4n) is 2.61. The monoisotopic (exact) mass is 219 g/mol. The van der Waals surface area contributed by atoms with Crippen LogP contribution in [0.1, 0.15) is 31.7 Å². The Morgan fingerprint density at radius 2 is 2.12 bits per heavy atom. The molecule has 0 amide bonds. The Bertz CT molecular complexity index is 350. The topological polar surface area (TPSA) is 21.3 Å². The van der Waals surface area contributed by atoms with Crippen molar-refractivity contribution in [2.24, 2.45) is 5.92 Å². The molecule has 0 aromatic heterocycles. The lowest BCUT2D eigenvalue weighted by atomic mass is 9.78. The van der Waals surface area contributed by atoms with Crippen LogP contribution >= 0.6 is 0 Å². The van der Waals surface area contributed by atoms with E-state index in [4.69, 9.17) is 4.74 Å². The minimum absolute atomic E-state index is 0.602. The van der Waals surface area contributed by atoms with Gasteiger partial charge in [0.25, 0.3) is 0 Å². The lowest BCUT2D eigenvalue weighted by Gasteiger charge is -2.35. The highest BCUT2D eigenvalue weighted by Gasteiger charge is 2.27. The molecule has 0 saturated carbocycles. The molecule has 1 heterocycles. The zero-order valence-corrected chi connectivity index (χ0v) is 10.4. The molecule has 1 fully saturated rings. The van der Waals surface area contributed by atoms with Crippen molar-refractivity contribution in [1.29, 1.82) is 0 Å². The molecule has 1 saturated heterocycles. The van der Waals surface area contributed by atoms with Crippen LogP contribution in [0.5, 0.6) is 5.75 Å². The molecule has 0 aliphatic carbocycles. The lowest BCUT2D eigenvalue weighted by molar-refractivity contribution is 0.276. The van der Waals surface area contributed by atoms with Gasteiger partial charge in [-0.3, -0.25) is 0 Å². The molecular weight excluding hydrogens is 198 g/mol. The van der Waals surface area contributed by atoms with Crippen LogP contribution in [0, 0.1) is 5.92 Å². The van der Waals surface area contributed by atoms with Crippen LogP contribution in [0.4, 0.5) is 0 Å². The van der Waals surface area contributed by atoms with Crippen LogP contribution in [0.2, 0.25) is 0 Å². The fourth-order valence-corrected chi connectivity index (χ4v) is 2.61. The van der Waals surface area contributed by atoms with Crippen molar-refractivity contribution in [3.8, 4) is 5.75 Å². The third-order valence-corrected chi connectivity index (χ3v) is 3.87. The molecule has 1 N–H and O–H groups in total. The number of nitrogens with one attached hydrogen (secondary N) is 1. The van der Waals surface area contributed by atoms with Crippen molar-refractivity contribution in [2.45, 2.75) is 32.2 Å². The molecule has 1 aliphatic heterocycles. The van der Waals surface area contributed by atoms with Crippen LogP contribution in [-0.4, -0.2) is 19.7 Å². The van der Waals surface area contributed by atoms with Crippen LogP contribution < -0.4 is 10.1 Å². The van der Waals surface area contributed by atoms with E-state index in [0.29, 0.717) is 17.9 Å². The summed E-state index contributed by atoms with van der Waals surface area (Å²) in [5.41, 5.74) is 1.42. The Hall–Kier alpha value is -1.02. The second-order valence-electron chi connectivity index (χ2n) is 4.77. The molecule has 2 rings (SSSR count). The molecule has 0 bridgehead atoms. The second kappa shape index (κ2) is 4.88. The number of piperidine rings is 1. The van der Waals surface area contributed by atoms with E-state index in [1.807, 2.05) is 6.07 Å². The third kappa shape index (κ3) is 2.22. The zero-order chi connectivity index (χ0) is 11.5. The summed E-state index contributed by atoms with van der Waals surface area (Å²) in [6.45, 7) is 5.73. The lowest BCUT2D eigenvalue weighted by Crippen LogP contribution is -2.41. The molecule has 0 unspecified atom stereocenters. The van der Waals surface area contributed by atoms with Crippen LogP contribution in [-0.2, 0) is 0 Å². The van der Waals surface area contributed by atoms with Gasteiger partial charge in [-0.15, -0.1) is 0 Å². The van der Waals surface area contributed by atoms with Gasteiger partial charge in [-0.2, -0.15) is 0 Å². The van der Waals surface area contributed by atoms with Gasteiger partial charge in [0, 0.05) is 6.04 Å². The molecule has 1 aliphatic rings. The molecule has 3 atom stereocenters. The Balaban J connectivity index is 2.21. The van der Waals surface area contributed by atoms with Crippen LogP contribution in [0.15, 0.2) is 24.3 Å². The Morgan fingerprint density at radius 1 is 1.31 bits per heavy atom. The highest BCUT2D eigenvalue weighted by Crippen LogP contribution is 2.34. The van der Waals surface area contributed by atoms with Gasteiger partial charge in [0.2, 0.25) is 0 Å². The summed E-state index contributed by atoms with van der Waals surface area (Å²) in [5, 5.41) is 3.53. The first-order valence-electron chi connectivity index (χ1n) is 6.09. The predicted molar refractivity (Wildman–Crippen MR) is 67.0 cm³/mol. The molecule has 0 spiro atoms. The van der Waals surface area contributed by atoms with E-state index >= 15 is 0 Å².